The van der Waals surface area contributed by atoms with Gasteiger partial charge in [0.2, 0.25) is 0 Å². The first-order chi connectivity index (χ1) is 18.4. The molecule has 0 rings (SSSR count). The van der Waals surface area contributed by atoms with Gasteiger partial charge in [-0.3, -0.25) is 9.59 Å². The van der Waals surface area contributed by atoms with E-state index in [2.05, 4.69) is 20.8 Å². The molecule has 0 aliphatic heterocycles. The molecule has 0 saturated heterocycles. The van der Waals surface area contributed by atoms with Crippen LogP contribution in [0.2, 0.25) is 0 Å². The van der Waals surface area contributed by atoms with E-state index < -0.39 is 17.4 Å². The van der Waals surface area contributed by atoms with Crippen molar-refractivity contribution in [1.82, 2.24) is 0 Å². The van der Waals surface area contributed by atoms with E-state index in [1.54, 1.807) is 0 Å². The molecule has 1 atom stereocenters. The first kappa shape index (κ1) is 36.9. The van der Waals surface area contributed by atoms with Crippen LogP contribution in [0.3, 0.4) is 0 Å². The van der Waals surface area contributed by atoms with E-state index in [9.17, 15) is 14.7 Å². The average molecular weight is 539 g/mol. The largest absolute Gasteiger partial charge is 0.481 e. The standard InChI is InChI=1S/C34H66O4/c1-4-7-9-11-21-25-29-34(33(37)38,30-26-22-12-10-8-5-2)31(6-3)27-23-19-17-15-13-14-16-18-20-24-28-32(35)36/h31H,4-30H2,1-3H3,(H,35,36)(H,37,38). The topological polar surface area (TPSA) is 74.6 Å². The lowest BCUT2D eigenvalue weighted by Crippen LogP contribution is -2.39. The minimum absolute atomic E-state index is 0.303. The number of carboxylic acid groups (broad SMARTS) is 2. The Hall–Kier alpha value is -1.06. The lowest BCUT2D eigenvalue weighted by Gasteiger charge is -2.38. The van der Waals surface area contributed by atoms with Crippen molar-refractivity contribution in [2.75, 3.05) is 0 Å². The number of unbranched alkanes of at least 4 members (excludes halogenated alkanes) is 19. The van der Waals surface area contributed by atoms with Gasteiger partial charge in [-0.15, -0.1) is 0 Å². The maximum Gasteiger partial charge on any atom is 0.309 e. The summed E-state index contributed by atoms with van der Waals surface area (Å²) in [6.07, 6.45) is 30.4. The summed E-state index contributed by atoms with van der Waals surface area (Å²) in [4.78, 5) is 23.4. The Morgan fingerprint density at radius 1 is 0.526 bits per heavy atom. The van der Waals surface area contributed by atoms with Crippen molar-refractivity contribution in [3.05, 3.63) is 0 Å². The fourth-order valence-corrected chi connectivity index (χ4v) is 6.32. The molecule has 38 heavy (non-hydrogen) atoms. The average Bonchev–Trinajstić information content (AvgIpc) is 2.89. The Bertz CT molecular complexity index is 529. The van der Waals surface area contributed by atoms with Gasteiger partial charge in [-0.25, -0.2) is 0 Å². The Morgan fingerprint density at radius 2 is 0.895 bits per heavy atom. The maximum atomic E-state index is 12.9. The van der Waals surface area contributed by atoms with Crippen LogP contribution in [-0.2, 0) is 9.59 Å². The molecule has 0 aliphatic rings. The summed E-state index contributed by atoms with van der Waals surface area (Å²) < 4.78 is 0. The van der Waals surface area contributed by atoms with Crippen LogP contribution in [0, 0.1) is 11.3 Å². The highest BCUT2D eigenvalue weighted by molar-refractivity contribution is 5.75. The van der Waals surface area contributed by atoms with Gasteiger partial charge < -0.3 is 10.2 Å². The van der Waals surface area contributed by atoms with Gasteiger partial charge in [-0.05, 0) is 31.6 Å². The lowest BCUT2D eigenvalue weighted by atomic mass is 9.65. The molecular weight excluding hydrogens is 472 g/mol. The van der Waals surface area contributed by atoms with Crippen molar-refractivity contribution in [2.45, 2.75) is 194 Å². The zero-order chi connectivity index (χ0) is 28.3. The van der Waals surface area contributed by atoms with E-state index in [-0.39, 0.29) is 0 Å². The second-order valence-corrected chi connectivity index (χ2v) is 12.1. The van der Waals surface area contributed by atoms with Gasteiger partial charge >= 0.3 is 11.9 Å². The molecule has 0 spiro atoms. The van der Waals surface area contributed by atoms with Gasteiger partial charge in [0.15, 0.2) is 0 Å². The van der Waals surface area contributed by atoms with Crippen LogP contribution >= 0.6 is 0 Å². The third kappa shape index (κ3) is 19.1. The Labute approximate surface area is 237 Å². The van der Waals surface area contributed by atoms with Crippen molar-refractivity contribution in [2.24, 2.45) is 11.3 Å². The second-order valence-electron chi connectivity index (χ2n) is 12.1. The quantitative estimate of drug-likeness (QED) is 0.0892. The monoisotopic (exact) mass is 538 g/mol. The summed E-state index contributed by atoms with van der Waals surface area (Å²) in [5.74, 6) is -0.896. The van der Waals surface area contributed by atoms with Crippen LogP contribution in [0.15, 0.2) is 0 Å². The molecule has 4 nitrogen and oxygen atoms in total. The van der Waals surface area contributed by atoms with Gasteiger partial charge in [0.1, 0.15) is 0 Å². The fourth-order valence-electron chi connectivity index (χ4n) is 6.32. The Kier molecular flexibility index (Phi) is 25.4. The molecule has 0 aromatic carbocycles. The summed E-state index contributed by atoms with van der Waals surface area (Å²) in [6.45, 7) is 6.71. The molecule has 0 saturated carbocycles. The minimum atomic E-state index is -0.680. The van der Waals surface area contributed by atoms with Gasteiger partial charge in [-0.1, -0.05) is 162 Å². The number of carbonyl (C=O) groups is 2. The van der Waals surface area contributed by atoms with Crippen molar-refractivity contribution in [1.29, 1.82) is 0 Å². The van der Waals surface area contributed by atoms with Crippen LogP contribution < -0.4 is 0 Å². The molecule has 0 heterocycles. The van der Waals surface area contributed by atoms with Crippen LogP contribution in [-0.4, -0.2) is 22.2 Å². The van der Waals surface area contributed by atoms with Crippen molar-refractivity contribution in [3.63, 3.8) is 0 Å². The van der Waals surface area contributed by atoms with Gasteiger partial charge in [0.25, 0.3) is 0 Å². The van der Waals surface area contributed by atoms with Crippen molar-refractivity contribution >= 4 is 11.9 Å². The third-order valence-corrected chi connectivity index (χ3v) is 8.85. The van der Waals surface area contributed by atoms with E-state index >= 15 is 0 Å². The zero-order valence-electron chi connectivity index (χ0n) is 25.9. The zero-order valence-corrected chi connectivity index (χ0v) is 25.9. The van der Waals surface area contributed by atoms with Gasteiger partial charge in [0, 0.05) is 6.42 Å². The molecule has 4 heteroatoms. The SMILES string of the molecule is CCCCCCCCC(CCCCCCCC)(C(=O)O)C(CC)CCCCCCCCCCCCC(=O)O. The van der Waals surface area contributed by atoms with Crippen molar-refractivity contribution in [3.8, 4) is 0 Å². The van der Waals surface area contributed by atoms with Crippen molar-refractivity contribution < 1.29 is 19.8 Å². The summed E-state index contributed by atoms with van der Waals surface area (Å²) in [5, 5.41) is 19.3. The van der Waals surface area contributed by atoms with E-state index in [4.69, 9.17) is 5.11 Å². The van der Waals surface area contributed by atoms with Crippen LogP contribution in [0.5, 0.6) is 0 Å². The molecule has 0 aromatic heterocycles. The van der Waals surface area contributed by atoms with E-state index in [0.717, 1.165) is 64.2 Å². The van der Waals surface area contributed by atoms with E-state index in [1.165, 1.54) is 103 Å². The summed E-state index contributed by atoms with van der Waals surface area (Å²) in [6, 6.07) is 0. The Balaban J connectivity index is 4.57. The molecule has 226 valence electrons. The number of hydrogen-bond donors (Lipinski definition) is 2. The molecule has 1 unspecified atom stereocenters. The normalized spacial score (nSPS) is 12.6. The molecule has 0 fully saturated rings. The molecule has 0 bridgehead atoms. The minimum Gasteiger partial charge on any atom is -0.481 e. The number of rotatable bonds is 30. The smallest absolute Gasteiger partial charge is 0.309 e. The molecule has 0 amide bonds. The first-order valence-electron chi connectivity index (χ1n) is 16.9. The summed E-state index contributed by atoms with van der Waals surface area (Å²) >= 11 is 0. The first-order valence-corrected chi connectivity index (χ1v) is 16.9. The summed E-state index contributed by atoms with van der Waals surface area (Å²) in [5.41, 5.74) is -0.523. The number of hydrogen-bond acceptors (Lipinski definition) is 2. The highest BCUT2D eigenvalue weighted by Crippen LogP contribution is 2.44. The number of aliphatic carboxylic acids is 2. The highest BCUT2D eigenvalue weighted by Gasteiger charge is 2.43. The fraction of sp³-hybridized carbons (Fsp3) is 0.941. The van der Waals surface area contributed by atoms with Gasteiger partial charge in [-0.2, -0.15) is 0 Å². The lowest BCUT2D eigenvalue weighted by molar-refractivity contribution is -0.155. The Morgan fingerprint density at radius 3 is 1.26 bits per heavy atom. The predicted octanol–water partition coefficient (Wildman–Crippen LogP) is 11.4. The predicted molar refractivity (Wildman–Crippen MR) is 163 cm³/mol. The highest BCUT2D eigenvalue weighted by atomic mass is 16.4. The van der Waals surface area contributed by atoms with E-state index in [1.807, 2.05) is 0 Å². The summed E-state index contributed by atoms with van der Waals surface area (Å²) in [7, 11) is 0. The van der Waals surface area contributed by atoms with Crippen LogP contribution in [0.25, 0.3) is 0 Å². The van der Waals surface area contributed by atoms with Gasteiger partial charge in [0.05, 0.1) is 5.41 Å². The molecule has 0 aliphatic carbocycles. The van der Waals surface area contributed by atoms with Crippen LogP contribution in [0.4, 0.5) is 0 Å². The molecule has 0 aromatic rings. The second kappa shape index (κ2) is 26.2. The molecule has 0 radical (unpaired) electrons. The third-order valence-electron chi connectivity index (χ3n) is 8.85. The molecular formula is C34H66O4. The molecule has 2 N–H and O–H groups in total. The van der Waals surface area contributed by atoms with E-state index in [0.29, 0.717) is 12.3 Å². The number of carboxylic acids is 2. The maximum absolute atomic E-state index is 12.9. The van der Waals surface area contributed by atoms with Crippen LogP contribution in [0.1, 0.15) is 194 Å².